The molecule has 1 aromatic rings. The predicted molar refractivity (Wildman–Crippen MR) is 286 cm³/mol. The number of hydrogen-bond acceptors (Lipinski definition) is 14. The van der Waals surface area contributed by atoms with Gasteiger partial charge in [0, 0.05) is 52.1 Å². The third kappa shape index (κ3) is 20.5. The number of aliphatic hydroxyl groups excluding tert-OH is 2. The summed E-state index contributed by atoms with van der Waals surface area (Å²) in [5.74, 6) is -3.06. The lowest BCUT2D eigenvalue weighted by molar-refractivity contribution is -0.144. The van der Waals surface area contributed by atoms with Crippen molar-refractivity contribution in [3.8, 4) is 5.75 Å². The number of hydrogen-bond donors (Lipinski definition) is 12. The van der Waals surface area contributed by atoms with Crippen LogP contribution >= 0.6 is 0 Å². The van der Waals surface area contributed by atoms with E-state index in [0.717, 1.165) is 37.2 Å². The number of aromatic hydroxyl groups is 1. The van der Waals surface area contributed by atoms with Crippen molar-refractivity contribution in [2.24, 2.45) is 23.3 Å². The van der Waals surface area contributed by atoms with Gasteiger partial charge in [-0.25, -0.2) is 0 Å². The van der Waals surface area contributed by atoms with Crippen LogP contribution in [0.3, 0.4) is 0 Å². The fourth-order valence-corrected chi connectivity index (χ4v) is 10.4. The van der Waals surface area contributed by atoms with Gasteiger partial charge in [-0.15, -0.1) is 0 Å². The van der Waals surface area contributed by atoms with Crippen molar-refractivity contribution in [1.29, 1.82) is 0 Å². The Kier molecular flexibility index (Phi) is 27.8. The van der Waals surface area contributed by atoms with E-state index in [0.29, 0.717) is 44.8 Å². The SMILES string of the molecule is CCC(C)CC(C)CCCCCCCCC(=O)N[C@H]1C[C@@H](O)C(NCCNCCN)NC(=O)C2[C@@H](O)CCN2C(=O)C(CCCN)NC(=O)C(CCc2ccc(O)cc2)NC(=O)C2CCCN2C(=O)C(CC)NC1=O. The molecule has 3 heterocycles. The number of rotatable bonds is 26. The Bertz CT molecular complexity index is 1950. The van der Waals surface area contributed by atoms with Gasteiger partial charge in [0.25, 0.3) is 0 Å². The van der Waals surface area contributed by atoms with Crippen LogP contribution in [0, 0.1) is 11.8 Å². The minimum Gasteiger partial charge on any atom is -0.508 e. The Morgan fingerprint density at radius 2 is 1.39 bits per heavy atom. The second kappa shape index (κ2) is 33.3. The lowest BCUT2D eigenvalue weighted by Crippen LogP contribution is -2.62. The summed E-state index contributed by atoms with van der Waals surface area (Å²) < 4.78 is 0. The summed E-state index contributed by atoms with van der Waals surface area (Å²) >= 11 is 0. The molecule has 0 aliphatic carbocycles. The fraction of sp³-hybridized carbons (Fsp3) is 0.759. The molecular formula is C54H93N11O10. The number of nitrogens with two attached hydrogens (primary N) is 2. The molecule has 8 unspecified atom stereocenters. The molecule has 424 valence electrons. The quantitative estimate of drug-likeness (QED) is 0.0575. The van der Waals surface area contributed by atoms with Crippen molar-refractivity contribution in [1.82, 2.24) is 47.0 Å². The molecule has 4 rings (SSSR count). The highest BCUT2D eigenvalue weighted by Gasteiger charge is 2.45. The summed E-state index contributed by atoms with van der Waals surface area (Å²) in [5, 5.41) is 53.5. The van der Waals surface area contributed by atoms with Crippen molar-refractivity contribution >= 4 is 41.4 Å². The van der Waals surface area contributed by atoms with Gasteiger partial charge in [-0.3, -0.25) is 38.9 Å². The third-order valence-corrected chi connectivity index (χ3v) is 15.0. The Morgan fingerprint density at radius 1 is 0.707 bits per heavy atom. The normalized spacial score (nSPS) is 26.3. The van der Waals surface area contributed by atoms with Gasteiger partial charge < -0.3 is 68.5 Å². The zero-order valence-electron chi connectivity index (χ0n) is 45.3. The molecule has 21 nitrogen and oxygen atoms in total. The lowest BCUT2D eigenvalue weighted by atomic mass is 9.91. The van der Waals surface area contributed by atoms with Crippen molar-refractivity contribution in [3.63, 3.8) is 0 Å². The van der Waals surface area contributed by atoms with E-state index in [1.165, 1.54) is 47.6 Å². The molecule has 0 radical (unpaired) electrons. The van der Waals surface area contributed by atoms with Crippen LogP contribution in [0.2, 0.25) is 0 Å². The maximum absolute atomic E-state index is 14.6. The van der Waals surface area contributed by atoms with Crippen LogP contribution in [0.4, 0.5) is 0 Å². The number of nitrogens with one attached hydrogen (secondary N) is 7. The molecule has 3 saturated heterocycles. The highest BCUT2D eigenvalue weighted by Crippen LogP contribution is 2.24. The Hall–Kier alpha value is -4.93. The number of benzene rings is 1. The molecule has 21 heteroatoms. The molecule has 14 N–H and O–H groups in total. The van der Waals surface area contributed by atoms with Gasteiger partial charge >= 0.3 is 0 Å². The summed E-state index contributed by atoms with van der Waals surface area (Å²) in [6.07, 6.45) is 6.40. The van der Waals surface area contributed by atoms with Crippen molar-refractivity contribution < 1.29 is 48.9 Å². The highest BCUT2D eigenvalue weighted by atomic mass is 16.3. The highest BCUT2D eigenvalue weighted by molar-refractivity contribution is 5.97. The Balaban J connectivity index is 1.65. The number of carbonyl (C=O) groups excluding carboxylic acids is 7. The second-order valence-corrected chi connectivity index (χ2v) is 21.2. The van der Waals surface area contributed by atoms with Gasteiger partial charge in [0.05, 0.1) is 12.2 Å². The average Bonchev–Trinajstić information content (AvgIpc) is 4.05. The first kappa shape index (κ1) is 62.6. The van der Waals surface area contributed by atoms with Gasteiger partial charge in [-0.1, -0.05) is 84.8 Å². The topological polar surface area (TPSA) is 323 Å². The van der Waals surface area contributed by atoms with E-state index in [2.05, 4.69) is 58.0 Å². The number of phenols is 1. The molecule has 3 aliphatic heterocycles. The summed E-state index contributed by atoms with van der Waals surface area (Å²) in [6.45, 7) is 10.3. The monoisotopic (exact) mass is 1060 g/mol. The smallest absolute Gasteiger partial charge is 0.246 e. The summed E-state index contributed by atoms with van der Waals surface area (Å²) in [5.41, 5.74) is 12.3. The van der Waals surface area contributed by atoms with Crippen LogP contribution in [-0.2, 0) is 40.0 Å². The van der Waals surface area contributed by atoms with E-state index in [1.807, 2.05) is 0 Å². The lowest BCUT2D eigenvalue weighted by Gasteiger charge is -2.33. The molecule has 7 amide bonds. The number of aliphatic hydroxyl groups is 2. The number of unbranched alkanes of at least 4 members (excludes halogenated alkanes) is 5. The molecular weight excluding hydrogens is 963 g/mol. The van der Waals surface area contributed by atoms with Gasteiger partial charge in [-0.05, 0) is 100 Å². The number of carbonyl (C=O) groups is 7. The first-order valence-electron chi connectivity index (χ1n) is 28.1. The van der Waals surface area contributed by atoms with Crippen molar-refractivity contribution in [2.45, 2.75) is 204 Å². The van der Waals surface area contributed by atoms with Crippen LogP contribution in [0.1, 0.15) is 149 Å². The molecule has 75 heavy (non-hydrogen) atoms. The number of amides is 7. The molecule has 0 spiro atoms. The van der Waals surface area contributed by atoms with E-state index in [1.54, 1.807) is 19.1 Å². The van der Waals surface area contributed by atoms with Crippen LogP contribution in [-0.4, -0.2) is 167 Å². The van der Waals surface area contributed by atoms with Gasteiger partial charge in [0.15, 0.2) is 0 Å². The fourth-order valence-electron chi connectivity index (χ4n) is 10.4. The van der Waals surface area contributed by atoms with Gasteiger partial charge in [0.2, 0.25) is 41.4 Å². The van der Waals surface area contributed by atoms with E-state index in [-0.39, 0.29) is 76.9 Å². The van der Waals surface area contributed by atoms with Crippen LogP contribution < -0.4 is 48.7 Å². The van der Waals surface area contributed by atoms with Crippen LogP contribution in [0.25, 0.3) is 0 Å². The zero-order chi connectivity index (χ0) is 54.9. The summed E-state index contributed by atoms with van der Waals surface area (Å²) in [6, 6.07) is -1.07. The van der Waals surface area contributed by atoms with Gasteiger partial charge in [-0.2, -0.15) is 0 Å². The summed E-state index contributed by atoms with van der Waals surface area (Å²) in [4.78, 5) is 103. The summed E-state index contributed by atoms with van der Waals surface area (Å²) in [7, 11) is 0. The molecule has 3 aliphatic rings. The average molecular weight is 1060 g/mol. The largest absolute Gasteiger partial charge is 0.508 e. The molecule has 3 fully saturated rings. The van der Waals surface area contributed by atoms with Gasteiger partial charge in [0.1, 0.15) is 48.2 Å². The first-order valence-corrected chi connectivity index (χ1v) is 28.1. The number of nitrogens with zero attached hydrogens (tertiary/aromatic N) is 2. The van der Waals surface area contributed by atoms with Crippen molar-refractivity contribution in [2.75, 3.05) is 45.8 Å². The first-order chi connectivity index (χ1) is 36.0. The Labute approximate surface area is 444 Å². The van der Waals surface area contributed by atoms with E-state index < -0.39 is 102 Å². The molecule has 1 aromatic carbocycles. The maximum atomic E-state index is 14.6. The van der Waals surface area contributed by atoms with Crippen LogP contribution in [0.5, 0.6) is 5.75 Å². The number of phenolic OH excluding ortho intramolecular Hbond substituents is 1. The minimum absolute atomic E-state index is 0.0254. The molecule has 0 saturated carbocycles. The maximum Gasteiger partial charge on any atom is 0.246 e. The minimum atomic E-state index is -1.55. The standard InChI is InChI=1S/C54H93N11O10/c1-5-35(3)33-36(4)15-11-9-7-8-10-12-18-46(69)59-42-34-45(68)48(58-30-29-57-28-27-56)63-52(73)47-44(67)25-32-65(47)54(75)41(16-13-26-55)62-49(70)40(24-21-37-19-22-38(66)23-20-37)61-51(72)43-17-14-31-64(43)53(74)39(6-2)60-50(42)71/h19-20,22-23,35-36,39-45,47-48,57-58,66-68H,5-18,21,24-34,55-56H2,1-4H3,(H,59,69)(H,60,71)(H,61,72)(H,62,70)(H,63,73)/t35?,36?,39?,40?,41?,42-,43?,44-,45+,47?,48?/m0/s1. The number of aryl methyl sites for hydroxylation is 1. The third-order valence-electron chi connectivity index (χ3n) is 15.0. The molecule has 0 aromatic heterocycles. The van der Waals surface area contributed by atoms with Crippen LogP contribution in [0.15, 0.2) is 24.3 Å². The van der Waals surface area contributed by atoms with E-state index in [9.17, 15) is 48.9 Å². The van der Waals surface area contributed by atoms with Crippen molar-refractivity contribution in [3.05, 3.63) is 29.8 Å². The zero-order valence-corrected chi connectivity index (χ0v) is 45.3. The number of fused-ring (bicyclic) bond motifs is 2. The predicted octanol–water partition coefficient (Wildman–Crippen LogP) is 0.904. The second-order valence-electron chi connectivity index (χ2n) is 21.2. The van der Waals surface area contributed by atoms with E-state index in [4.69, 9.17) is 11.5 Å². The molecule has 11 atom stereocenters. The molecule has 0 bridgehead atoms. The van der Waals surface area contributed by atoms with E-state index >= 15 is 0 Å². The Morgan fingerprint density at radius 3 is 2.08 bits per heavy atom.